The Balaban J connectivity index is 2.28. The summed E-state index contributed by atoms with van der Waals surface area (Å²) in [6, 6.07) is 5.13. The second-order valence-corrected chi connectivity index (χ2v) is 4.75. The third-order valence-corrected chi connectivity index (χ3v) is 3.00. The van der Waals surface area contributed by atoms with E-state index in [-0.39, 0.29) is 5.82 Å². The molecule has 2 rings (SSSR count). The lowest BCUT2D eigenvalue weighted by molar-refractivity contribution is 0.425. The molecule has 2 aromatic rings. The Kier molecular flexibility index (Phi) is 3.99. The van der Waals surface area contributed by atoms with Gasteiger partial charge in [-0.1, -0.05) is 11.6 Å². The number of fused-ring (bicyclic) bond motifs is 1. The second kappa shape index (κ2) is 5.50. The molecule has 0 fully saturated rings. The number of nitrogens with one attached hydrogen (secondary N) is 1. The number of likely N-dealkylation sites (N-methyl/N-ethyl adjacent to an activating group) is 1. The first-order chi connectivity index (χ1) is 8.59. The molecule has 1 aromatic carbocycles. The number of halogens is 2. The summed E-state index contributed by atoms with van der Waals surface area (Å²) in [7, 11) is 3.94. The van der Waals surface area contributed by atoms with Crippen LogP contribution in [0.3, 0.4) is 0 Å². The van der Waals surface area contributed by atoms with E-state index in [4.69, 9.17) is 11.6 Å². The van der Waals surface area contributed by atoms with Crippen molar-refractivity contribution in [2.75, 3.05) is 32.5 Å². The number of rotatable bonds is 4. The van der Waals surface area contributed by atoms with E-state index in [1.54, 1.807) is 18.2 Å². The van der Waals surface area contributed by atoms with Crippen molar-refractivity contribution >= 4 is 28.2 Å². The molecule has 0 radical (unpaired) electrons. The molecular formula is C13H15ClFN3. The molecule has 0 saturated heterocycles. The van der Waals surface area contributed by atoms with Gasteiger partial charge >= 0.3 is 0 Å². The van der Waals surface area contributed by atoms with Crippen molar-refractivity contribution in [1.29, 1.82) is 0 Å². The first-order valence-corrected chi connectivity index (χ1v) is 6.08. The van der Waals surface area contributed by atoms with Crippen LogP contribution in [0.15, 0.2) is 24.4 Å². The minimum absolute atomic E-state index is 0.303. The Morgan fingerprint density at radius 3 is 2.83 bits per heavy atom. The van der Waals surface area contributed by atoms with Crippen LogP contribution in [0.25, 0.3) is 10.9 Å². The summed E-state index contributed by atoms with van der Waals surface area (Å²) in [5.41, 5.74) is 0.761. The van der Waals surface area contributed by atoms with Crippen molar-refractivity contribution < 1.29 is 4.39 Å². The van der Waals surface area contributed by atoms with Crippen LogP contribution < -0.4 is 5.32 Å². The summed E-state index contributed by atoms with van der Waals surface area (Å²) in [4.78, 5) is 6.06. The van der Waals surface area contributed by atoms with Gasteiger partial charge in [0.2, 0.25) is 0 Å². The van der Waals surface area contributed by atoms with E-state index in [9.17, 15) is 4.39 Å². The van der Waals surface area contributed by atoms with E-state index in [2.05, 4.69) is 10.3 Å². The predicted molar refractivity (Wildman–Crippen MR) is 73.8 cm³/mol. The molecule has 0 saturated carbocycles. The number of hydrogen-bond donors (Lipinski definition) is 1. The molecule has 18 heavy (non-hydrogen) atoms. The van der Waals surface area contributed by atoms with E-state index in [1.807, 2.05) is 19.0 Å². The molecule has 1 aromatic heterocycles. The van der Waals surface area contributed by atoms with E-state index in [0.29, 0.717) is 28.2 Å². The topological polar surface area (TPSA) is 28.2 Å². The van der Waals surface area contributed by atoms with E-state index in [0.717, 1.165) is 6.54 Å². The van der Waals surface area contributed by atoms with Gasteiger partial charge in [-0.2, -0.15) is 0 Å². The maximum atomic E-state index is 14.2. The molecule has 1 N–H and O–H groups in total. The largest absolute Gasteiger partial charge is 0.381 e. The highest BCUT2D eigenvalue weighted by atomic mass is 35.5. The molecule has 1 heterocycles. The van der Waals surface area contributed by atoms with Crippen LogP contribution in [0, 0.1) is 5.82 Å². The second-order valence-electron chi connectivity index (χ2n) is 4.35. The molecular weight excluding hydrogens is 253 g/mol. The van der Waals surface area contributed by atoms with E-state index in [1.165, 1.54) is 6.20 Å². The summed E-state index contributed by atoms with van der Waals surface area (Å²) in [5, 5.41) is 4.20. The fraction of sp³-hybridized carbons (Fsp3) is 0.308. The smallest absolute Gasteiger partial charge is 0.172 e. The molecule has 0 aliphatic rings. The molecule has 0 aliphatic carbocycles. The molecule has 0 spiro atoms. The molecule has 0 atom stereocenters. The normalized spacial score (nSPS) is 11.2. The summed E-state index contributed by atoms with van der Waals surface area (Å²) < 4.78 is 14.2. The fourth-order valence-corrected chi connectivity index (χ4v) is 1.91. The van der Waals surface area contributed by atoms with Crippen LogP contribution in [0.2, 0.25) is 5.02 Å². The van der Waals surface area contributed by atoms with Gasteiger partial charge in [0.15, 0.2) is 5.82 Å². The maximum absolute atomic E-state index is 14.2. The lowest BCUT2D eigenvalue weighted by Gasteiger charge is -2.12. The van der Waals surface area contributed by atoms with Crippen LogP contribution in [0.4, 0.5) is 10.1 Å². The van der Waals surface area contributed by atoms with Crippen LogP contribution in [0.5, 0.6) is 0 Å². The van der Waals surface area contributed by atoms with Crippen molar-refractivity contribution in [1.82, 2.24) is 9.88 Å². The van der Waals surface area contributed by atoms with Crippen molar-refractivity contribution in [2.24, 2.45) is 0 Å². The Bertz CT molecular complexity index is 557. The Morgan fingerprint density at radius 1 is 1.33 bits per heavy atom. The summed E-state index contributed by atoms with van der Waals surface area (Å²) >= 11 is 5.99. The van der Waals surface area contributed by atoms with Gasteiger partial charge in [-0.05, 0) is 32.3 Å². The summed E-state index contributed by atoms with van der Waals surface area (Å²) in [6.07, 6.45) is 1.51. The van der Waals surface area contributed by atoms with Crippen molar-refractivity contribution in [3.8, 4) is 0 Å². The third-order valence-electron chi connectivity index (χ3n) is 2.67. The molecule has 0 unspecified atom stereocenters. The van der Waals surface area contributed by atoms with Gasteiger partial charge in [0.05, 0.1) is 10.7 Å². The Labute approximate surface area is 111 Å². The van der Waals surface area contributed by atoms with Crippen LogP contribution in [-0.4, -0.2) is 37.1 Å². The molecule has 5 heteroatoms. The van der Waals surface area contributed by atoms with Crippen molar-refractivity contribution in [2.45, 2.75) is 0 Å². The highest BCUT2D eigenvalue weighted by Gasteiger charge is 2.10. The Hall–Kier alpha value is -1.39. The molecule has 96 valence electrons. The number of benzene rings is 1. The first kappa shape index (κ1) is 13.1. The van der Waals surface area contributed by atoms with Crippen LogP contribution in [-0.2, 0) is 0 Å². The lowest BCUT2D eigenvalue weighted by Crippen LogP contribution is -2.21. The maximum Gasteiger partial charge on any atom is 0.172 e. The minimum atomic E-state index is -0.353. The van der Waals surface area contributed by atoms with Gasteiger partial charge in [0.25, 0.3) is 0 Å². The quantitative estimate of drug-likeness (QED) is 0.923. The summed E-state index contributed by atoms with van der Waals surface area (Å²) in [6.45, 7) is 1.51. The Morgan fingerprint density at radius 2 is 2.11 bits per heavy atom. The highest BCUT2D eigenvalue weighted by molar-refractivity contribution is 6.35. The highest BCUT2D eigenvalue weighted by Crippen LogP contribution is 2.27. The predicted octanol–water partition coefficient (Wildman–Crippen LogP) is 3.00. The van der Waals surface area contributed by atoms with Crippen molar-refractivity contribution in [3.63, 3.8) is 0 Å². The molecule has 0 bridgehead atoms. The first-order valence-electron chi connectivity index (χ1n) is 5.71. The van der Waals surface area contributed by atoms with Gasteiger partial charge < -0.3 is 10.2 Å². The van der Waals surface area contributed by atoms with Gasteiger partial charge in [-0.15, -0.1) is 0 Å². The average molecular weight is 268 g/mol. The van der Waals surface area contributed by atoms with Gasteiger partial charge in [0, 0.05) is 24.7 Å². The molecule has 3 nitrogen and oxygen atoms in total. The molecule has 0 amide bonds. The van der Waals surface area contributed by atoms with Crippen LogP contribution >= 0.6 is 11.6 Å². The number of nitrogens with zero attached hydrogens (tertiary/aromatic N) is 2. The summed E-state index contributed by atoms with van der Waals surface area (Å²) in [5.74, 6) is -0.353. The van der Waals surface area contributed by atoms with E-state index < -0.39 is 0 Å². The van der Waals surface area contributed by atoms with Crippen molar-refractivity contribution in [3.05, 3.63) is 35.2 Å². The van der Waals surface area contributed by atoms with Gasteiger partial charge in [-0.3, -0.25) is 4.98 Å². The lowest BCUT2D eigenvalue weighted by atomic mass is 10.2. The molecule has 0 aliphatic heterocycles. The zero-order valence-electron chi connectivity index (χ0n) is 10.4. The third kappa shape index (κ3) is 2.71. The SMILES string of the molecule is CN(C)CCNc1ccc2c(Cl)ccnc2c1F. The zero-order chi connectivity index (χ0) is 13.1. The van der Waals surface area contributed by atoms with E-state index >= 15 is 0 Å². The monoisotopic (exact) mass is 267 g/mol. The zero-order valence-corrected chi connectivity index (χ0v) is 11.1. The average Bonchev–Trinajstić information content (AvgIpc) is 2.32. The standard InChI is InChI=1S/C13H15ClFN3/c1-18(2)8-7-16-11-4-3-9-10(14)5-6-17-13(9)12(11)15/h3-6,16H,7-8H2,1-2H3. The number of anilines is 1. The van der Waals surface area contributed by atoms with Crippen LogP contribution in [0.1, 0.15) is 0 Å². The number of hydrogen-bond acceptors (Lipinski definition) is 3. The van der Waals surface area contributed by atoms with Gasteiger partial charge in [0.1, 0.15) is 5.52 Å². The van der Waals surface area contributed by atoms with Gasteiger partial charge in [-0.25, -0.2) is 4.39 Å². The minimum Gasteiger partial charge on any atom is -0.381 e. The fourth-order valence-electron chi connectivity index (χ4n) is 1.70. The number of pyridine rings is 1. The number of aromatic nitrogens is 1.